The second-order valence-electron chi connectivity index (χ2n) is 5.33. The summed E-state index contributed by atoms with van der Waals surface area (Å²) >= 11 is 0. The summed E-state index contributed by atoms with van der Waals surface area (Å²) in [5, 5.41) is 18.4. The van der Waals surface area contributed by atoms with Crippen molar-refractivity contribution in [1.29, 1.82) is 0 Å². The van der Waals surface area contributed by atoms with Gasteiger partial charge >= 0.3 is 11.9 Å². The summed E-state index contributed by atoms with van der Waals surface area (Å²) in [6, 6.07) is 1.59. The fraction of sp³-hybridized carbons (Fsp3) is 0.200. The smallest absolute Gasteiger partial charge is 0.331 e. The monoisotopic (exact) mass is 309 g/mol. The highest BCUT2D eigenvalue weighted by molar-refractivity contribution is 5.96. The lowest BCUT2D eigenvalue weighted by atomic mass is 9.76. The number of carboxylic acid groups (broad SMARTS) is 2. The Morgan fingerprint density at radius 3 is 2.41 bits per heavy atom. The van der Waals surface area contributed by atoms with Crippen LogP contribution in [-0.2, 0) is 9.59 Å². The second kappa shape index (κ2) is 5.25. The predicted octanol–water partition coefficient (Wildman–Crippen LogP) is 2.44. The van der Waals surface area contributed by atoms with Crippen LogP contribution in [0.2, 0.25) is 0 Å². The summed E-state index contributed by atoms with van der Waals surface area (Å²) in [4.78, 5) is 22.5. The number of aliphatic carboxylic acids is 2. The summed E-state index contributed by atoms with van der Waals surface area (Å²) in [5.41, 5.74) is 2.90. The number of allylic oxidation sites excluding steroid dienone is 2. The first-order valence-electron chi connectivity index (χ1n) is 6.29. The van der Waals surface area contributed by atoms with Gasteiger partial charge in [-0.1, -0.05) is 6.08 Å². The van der Waals surface area contributed by atoms with Crippen molar-refractivity contribution in [2.45, 2.75) is 13.3 Å². The highest BCUT2D eigenvalue weighted by Crippen LogP contribution is 2.38. The number of nitrogen functional groups attached to an aromatic ring is 1. The first kappa shape index (κ1) is 15.7. The number of hydrogen-bond donors (Lipinski definition) is 3. The number of carboxylic acids is 2. The molecule has 1 aromatic carbocycles. The molecule has 1 unspecified atom stereocenters. The first-order chi connectivity index (χ1) is 10.1. The van der Waals surface area contributed by atoms with E-state index in [-0.39, 0.29) is 28.8 Å². The molecule has 0 fully saturated rings. The minimum atomic E-state index is -1.53. The van der Waals surface area contributed by atoms with Crippen LogP contribution in [0.25, 0.3) is 5.57 Å². The van der Waals surface area contributed by atoms with Gasteiger partial charge in [0.15, 0.2) is 0 Å². The van der Waals surface area contributed by atoms with Gasteiger partial charge in [-0.3, -0.25) is 4.79 Å². The van der Waals surface area contributed by atoms with E-state index < -0.39 is 29.0 Å². The molecule has 0 heterocycles. The fourth-order valence-electron chi connectivity index (χ4n) is 2.28. The Balaban J connectivity index is 2.65. The minimum absolute atomic E-state index is 0.00931. The van der Waals surface area contributed by atoms with Crippen molar-refractivity contribution < 1.29 is 28.6 Å². The Labute approximate surface area is 124 Å². The molecule has 0 saturated carbocycles. The highest BCUT2D eigenvalue weighted by Gasteiger charge is 2.37. The maximum atomic E-state index is 14.0. The van der Waals surface area contributed by atoms with Gasteiger partial charge in [0.2, 0.25) is 0 Å². The van der Waals surface area contributed by atoms with Crippen LogP contribution in [-0.4, -0.2) is 22.2 Å². The molecule has 0 spiro atoms. The van der Waals surface area contributed by atoms with Gasteiger partial charge in [-0.2, -0.15) is 0 Å². The van der Waals surface area contributed by atoms with Crippen LogP contribution in [0.1, 0.15) is 18.9 Å². The van der Waals surface area contributed by atoms with Gasteiger partial charge in [0.05, 0.1) is 11.1 Å². The molecule has 2 rings (SSSR count). The van der Waals surface area contributed by atoms with Gasteiger partial charge in [-0.05, 0) is 31.1 Å². The number of halogens is 2. The number of carbonyl (C=O) groups is 2. The number of anilines is 1. The average molecular weight is 309 g/mol. The van der Waals surface area contributed by atoms with Gasteiger partial charge < -0.3 is 15.9 Å². The lowest BCUT2D eigenvalue weighted by Crippen LogP contribution is -2.29. The van der Waals surface area contributed by atoms with Crippen molar-refractivity contribution in [3.63, 3.8) is 0 Å². The normalized spacial score (nSPS) is 21.0. The van der Waals surface area contributed by atoms with E-state index in [1.165, 1.54) is 13.0 Å². The van der Waals surface area contributed by atoms with Crippen molar-refractivity contribution in [3.05, 3.63) is 47.1 Å². The van der Waals surface area contributed by atoms with Crippen LogP contribution in [0.4, 0.5) is 14.5 Å². The zero-order valence-corrected chi connectivity index (χ0v) is 11.6. The van der Waals surface area contributed by atoms with Crippen LogP contribution in [0.15, 0.2) is 29.9 Å². The number of rotatable bonds is 3. The Kier molecular flexibility index (Phi) is 3.74. The highest BCUT2D eigenvalue weighted by atomic mass is 19.1. The molecule has 1 aliphatic rings. The molecule has 0 amide bonds. The van der Waals surface area contributed by atoms with E-state index in [4.69, 9.17) is 10.8 Å². The van der Waals surface area contributed by atoms with Gasteiger partial charge in [0, 0.05) is 17.2 Å². The van der Waals surface area contributed by atoms with Crippen molar-refractivity contribution in [1.82, 2.24) is 0 Å². The molecular weight excluding hydrogens is 296 g/mol. The molecule has 1 aromatic rings. The van der Waals surface area contributed by atoms with E-state index in [2.05, 4.69) is 0 Å². The Bertz CT molecular complexity index is 739. The van der Waals surface area contributed by atoms with E-state index in [0.717, 1.165) is 18.2 Å². The van der Waals surface area contributed by atoms with E-state index >= 15 is 0 Å². The molecule has 0 saturated heterocycles. The van der Waals surface area contributed by atoms with E-state index in [1.807, 2.05) is 0 Å². The van der Waals surface area contributed by atoms with Gasteiger partial charge in [0.1, 0.15) is 11.6 Å². The lowest BCUT2D eigenvalue weighted by molar-refractivity contribution is -0.145. The summed E-state index contributed by atoms with van der Waals surface area (Å²) in [7, 11) is 0. The van der Waals surface area contributed by atoms with Crippen LogP contribution >= 0.6 is 0 Å². The molecule has 1 atom stereocenters. The zero-order valence-electron chi connectivity index (χ0n) is 11.6. The molecular formula is C15H13F2NO4. The molecule has 4 N–H and O–H groups in total. The van der Waals surface area contributed by atoms with E-state index in [9.17, 15) is 23.5 Å². The molecule has 0 radical (unpaired) electrons. The van der Waals surface area contributed by atoms with Crippen LogP contribution in [0.3, 0.4) is 0 Å². The quantitative estimate of drug-likeness (QED) is 0.745. The van der Waals surface area contributed by atoms with Crippen LogP contribution < -0.4 is 5.73 Å². The largest absolute Gasteiger partial charge is 0.481 e. The van der Waals surface area contributed by atoms with Gasteiger partial charge in [-0.15, -0.1) is 0 Å². The molecule has 116 valence electrons. The molecule has 0 aromatic heterocycles. The van der Waals surface area contributed by atoms with E-state index in [0.29, 0.717) is 0 Å². The fourth-order valence-corrected chi connectivity index (χ4v) is 2.28. The second-order valence-corrected chi connectivity index (χ2v) is 5.33. The Hall–Kier alpha value is -2.70. The van der Waals surface area contributed by atoms with Crippen LogP contribution in [0.5, 0.6) is 0 Å². The summed E-state index contributed by atoms with van der Waals surface area (Å²) in [6.45, 7) is 1.32. The standard InChI is InChI=1S/C15H13F2NO4/c1-15(14(21)22)5-7(2-8(6-15)13(19)20)9-3-11(17)12(18)4-10(9)16/h2-5H,6,18H2,1H3,(H,19,20)(H,21,22). The SMILES string of the molecule is CC1(C(=O)O)C=C(c2cc(F)c(N)cc2F)C=C(C(=O)O)C1. The number of nitrogens with two attached hydrogens (primary N) is 1. The van der Waals surface area contributed by atoms with Gasteiger partial charge in [0.25, 0.3) is 0 Å². The zero-order chi connectivity index (χ0) is 16.7. The number of benzene rings is 1. The minimum Gasteiger partial charge on any atom is -0.481 e. The molecule has 7 heteroatoms. The maximum Gasteiger partial charge on any atom is 0.331 e. The summed E-state index contributed by atoms with van der Waals surface area (Å²) in [6.07, 6.45) is 2.11. The van der Waals surface area contributed by atoms with Crippen LogP contribution in [0, 0.1) is 17.0 Å². The summed E-state index contributed by atoms with van der Waals surface area (Å²) < 4.78 is 27.5. The molecule has 0 bridgehead atoms. The average Bonchev–Trinajstić information content (AvgIpc) is 2.42. The molecule has 0 aliphatic heterocycles. The predicted molar refractivity (Wildman–Crippen MR) is 74.8 cm³/mol. The van der Waals surface area contributed by atoms with Crippen molar-refractivity contribution in [2.75, 3.05) is 5.73 Å². The third-order valence-corrected chi connectivity index (χ3v) is 3.52. The van der Waals surface area contributed by atoms with Gasteiger partial charge in [-0.25, -0.2) is 13.6 Å². The van der Waals surface area contributed by atoms with Crippen molar-refractivity contribution in [2.24, 2.45) is 5.41 Å². The molecule has 22 heavy (non-hydrogen) atoms. The van der Waals surface area contributed by atoms with Crippen molar-refractivity contribution >= 4 is 23.2 Å². The molecule has 5 nitrogen and oxygen atoms in total. The number of hydrogen-bond acceptors (Lipinski definition) is 3. The lowest BCUT2D eigenvalue weighted by Gasteiger charge is -2.26. The third kappa shape index (κ3) is 2.69. The summed E-state index contributed by atoms with van der Waals surface area (Å²) in [5.74, 6) is -4.30. The van der Waals surface area contributed by atoms with E-state index in [1.54, 1.807) is 0 Å². The Morgan fingerprint density at radius 1 is 1.23 bits per heavy atom. The van der Waals surface area contributed by atoms with Crippen molar-refractivity contribution in [3.8, 4) is 0 Å². The topological polar surface area (TPSA) is 101 Å². The Morgan fingerprint density at radius 2 is 1.86 bits per heavy atom. The first-order valence-corrected chi connectivity index (χ1v) is 6.29. The maximum absolute atomic E-state index is 14.0. The molecule has 1 aliphatic carbocycles. The third-order valence-electron chi connectivity index (χ3n) is 3.52.